The summed E-state index contributed by atoms with van der Waals surface area (Å²) in [5.74, 6) is -0.306. The van der Waals surface area contributed by atoms with Gasteiger partial charge in [0, 0.05) is 47.1 Å². The summed E-state index contributed by atoms with van der Waals surface area (Å²) in [5.41, 5.74) is 5.84. The van der Waals surface area contributed by atoms with Gasteiger partial charge in [0.05, 0.1) is 23.2 Å². The summed E-state index contributed by atoms with van der Waals surface area (Å²) in [6, 6.07) is 21.5. The first-order valence-electron chi connectivity index (χ1n) is 14.8. The van der Waals surface area contributed by atoms with Gasteiger partial charge in [-0.1, -0.05) is 30.3 Å². The topological polar surface area (TPSA) is 90.7 Å². The second-order valence-corrected chi connectivity index (χ2v) is 12.2. The van der Waals surface area contributed by atoms with Crippen molar-refractivity contribution in [3.05, 3.63) is 106 Å². The van der Waals surface area contributed by atoms with Crippen molar-refractivity contribution >= 4 is 27.8 Å². The van der Waals surface area contributed by atoms with Gasteiger partial charge in [-0.05, 0) is 93.1 Å². The molecule has 1 atom stereocenters. The number of carboxylic acid groups (broad SMARTS) is 1. The largest absolute Gasteiger partial charge is 0.493 e. The standard InChI is InChI=1S/C36H36N2O5/c1-22-21-27-25(13-15-29(39)38(27)19-8-11-23-9-6-5-7-10-23)32(30(22)34(35(40)41)43-36(2,3)4)26-12-14-28-31-24(17-20-42-28)16-18-37-33(26)31/h5-7,9-10,12-16,18,21,34H,8,11,17,19-20H2,1-4H3,(H,40,41). The lowest BCUT2D eigenvalue weighted by atomic mass is 9.86. The summed E-state index contributed by atoms with van der Waals surface area (Å²) in [4.78, 5) is 31.0. The van der Waals surface area contributed by atoms with Crippen LogP contribution in [0.1, 0.15) is 55.5 Å². The van der Waals surface area contributed by atoms with Crippen LogP contribution in [0.15, 0.2) is 77.7 Å². The Morgan fingerprint density at radius 1 is 1.09 bits per heavy atom. The maximum absolute atomic E-state index is 13.3. The lowest BCUT2D eigenvalue weighted by molar-refractivity contribution is -0.160. The predicted octanol–water partition coefficient (Wildman–Crippen LogP) is 7.03. The van der Waals surface area contributed by atoms with Gasteiger partial charge in [-0.15, -0.1) is 0 Å². The van der Waals surface area contributed by atoms with E-state index in [9.17, 15) is 14.7 Å². The van der Waals surface area contributed by atoms with Gasteiger partial charge in [-0.2, -0.15) is 0 Å². The molecule has 0 radical (unpaired) electrons. The Hall–Kier alpha value is -4.49. The van der Waals surface area contributed by atoms with Crippen LogP contribution in [0.3, 0.4) is 0 Å². The summed E-state index contributed by atoms with van der Waals surface area (Å²) >= 11 is 0. The highest BCUT2D eigenvalue weighted by molar-refractivity contribution is 6.08. The maximum atomic E-state index is 13.3. The molecule has 220 valence electrons. The number of rotatable bonds is 8. The Labute approximate surface area is 250 Å². The van der Waals surface area contributed by atoms with Crippen molar-refractivity contribution in [2.75, 3.05) is 6.61 Å². The zero-order valence-electron chi connectivity index (χ0n) is 25.0. The summed E-state index contributed by atoms with van der Waals surface area (Å²) in [6.45, 7) is 8.58. The Balaban J connectivity index is 1.62. The molecule has 0 spiro atoms. The van der Waals surface area contributed by atoms with E-state index in [0.29, 0.717) is 24.3 Å². The lowest BCUT2D eigenvalue weighted by Crippen LogP contribution is -2.28. The molecule has 3 heterocycles. The molecule has 0 amide bonds. The van der Waals surface area contributed by atoms with Gasteiger partial charge >= 0.3 is 5.97 Å². The molecule has 0 aliphatic carbocycles. The molecule has 6 rings (SSSR count). The first kappa shape index (κ1) is 28.6. The van der Waals surface area contributed by atoms with Gasteiger partial charge in [-0.25, -0.2) is 4.79 Å². The quantitative estimate of drug-likeness (QED) is 0.213. The molecular weight excluding hydrogens is 540 g/mol. The number of aliphatic carboxylic acids is 1. The fraction of sp³-hybridized carbons (Fsp3) is 0.306. The number of fused-ring (bicyclic) bond motifs is 1. The number of aromatic nitrogens is 2. The van der Waals surface area contributed by atoms with E-state index in [1.54, 1.807) is 16.8 Å². The maximum Gasteiger partial charge on any atom is 0.337 e. The Morgan fingerprint density at radius 2 is 1.88 bits per heavy atom. The van der Waals surface area contributed by atoms with Crippen LogP contribution in [0.25, 0.3) is 32.9 Å². The number of pyridine rings is 2. The van der Waals surface area contributed by atoms with Crippen LogP contribution in [0.2, 0.25) is 0 Å². The molecule has 1 aliphatic heterocycles. The normalized spacial score (nSPS) is 13.7. The molecule has 5 aromatic rings. The number of carbonyl (C=O) groups is 1. The molecule has 1 aliphatic rings. The van der Waals surface area contributed by atoms with E-state index in [1.807, 2.05) is 76.2 Å². The molecule has 43 heavy (non-hydrogen) atoms. The first-order chi connectivity index (χ1) is 20.6. The minimum Gasteiger partial charge on any atom is -0.493 e. The summed E-state index contributed by atoms with van der Waals surface area (Å²) in [5, 5.41) is 12.2. The average molecular weight is 577 g/mol. The van der Waals surface area contributed by atoms with Crippen LogP contribution in [-0.2, 0) is 28.9 Å². The molecule has 7 nitrogen and oxygen atoms in total. The summed E-state index contributed by atoms with van der Waals surface area (Å²) in [6.07, 6.45) is 2.95. The lowest BCUT2D eigenvalue weighted by Gasteiger charge is -2.29. The summed E-state index contributed by atoms with van der Waals surface area (Å²) < 4.78 is 14.0. The number of aryl methyl sites for hydroxylation is 3. The third-order valence-corrected chi connectivity index (χ3v) is 8.03. The number of carboxylic acids is 1. The van der Waals surface area contributed by atoms with Crippen molar-refractivity contribution in [3.8, 4) is 16.9 Å². The van der Waals surface area contributed by atoms with Crippen molar-refractivity contribution in [2.24, 2.45) is 0 Å². The van der Waals surface area contributed by atoms with Crippen LogP contribution in [0, 0.1) is 6.92 Å². The molecule has 3 aromatic carbocycles. The minimum atomic E-state index is -1.24. The Bertz CT molecular complexity index is 1890. The van der Waals surface area contributed by atoms with Crippen molar-refractivity contribution < 1.29 is 19.4 Å². The number of ether oxygens (including phenoxy) is 2. The molecule has 7 heteroatoms. The second kappa shape index (κ2) is 11.3. The van der Waals surface area contributed by atoms with Crippen LogP contribution in [-0.4, -0.2) is 32.8 Å². The van der Waals surface area contributed by atoms with Crippen molar-refractivity contribution in [2.45, 2.75) is 65.2 Å². The zero-order valence-corrected chi connectivity index (χ0v) is 25.0. The Kier molecular flexibility index (Phi) is 7.52. The van der Waals surface area contributed by atoms with Crippen LogP contribution in [0.4, 0.5) is 0 Å². The second-order valence-electron chi connectivity index (χ2n) is 12.2. The molecule has 0 bridgehead atoms. The van der Waals surface area contributed by atoms with E-state index in [0.717, 1.165) is 63.5 Å². The minimum absolute atomic E-state index is 0.0946. The fourth-order valence-corrected chi connectivity index (χ4v) is 6.22. The molecule has 1 unspecified atom stereocenters. The van der Waals surface area contributed by atoms with Gasteiger partial charge in [0.1, 0.15) is 5.75 Å². The molecule has 1 N–H and O–H groups in total. The highest BCUT2D eigenvalue weighted by Gasteiger charge is 2.33. The smallest absolute Gasteiger partial charge is 0.337 e. The van der Waals surface area contributed by atoms with E-state index in [2.05, 4.69) is 12.1 Å². The Morgan fingerprint density at radius 3 is 2.63 bits per heavy atom. The van der Waals surface area contributed by atoms with Crippen LogP contribution >= 0.6 is 0 Å². The molecule has 2 aromatic heterocycles. The molecular formula is C36H36N2O5. The van der Waals surface area contributed by atoms with Gasteiger partial charge in [0.2, 0.25) is 0 Å². The van der Waals surface area contributed by atoms with E-state index < -0.39 is 17.7 Å². The zero-order chi connectivity index (χ0) is 30.3. The van der Waals surface area contributed by atoms with E-state index >= 15 is 0 Å². The van der Waals surface area contributed by atoms with Crippen molar-refractivity contribution in [1.82, 2.24) is 9.55 Å². The third-order valence-electron chi connectivity index (χ3n) is 8.03. The number of hydrogen-bond acceptors (Lipinski definition) is 5. The van der Waals surface area contributed by atoms with Gasteiger partial charge in [-0.3, -0.25) is 9.78 Å². The summed E-state index contributed by atoms with van der Waals surface area (Å²) in [7, 11) is 0. The van der Waals surface area contributed by atoms with E-state index in [1.165, 1.54) is 5.56 Å². The van der Waals surface area contributed by atoms with Crippen LogP contribution < -0.4 is 10.3 Å². The molecule has 0 saturated heterocycles. The SMILES string of the molecule is Cc1cc2c(ccc(=O)n2CCCc2ccccc2)c(-c2ccc3c4c(ccnc24)CCO3)c1C(OC(C)(C)C)C(=O)O. The highest BCUT2D eigenvalue weighted by atomic mass is 16.5. The molecule has 0 saturated carbocycles. The average Bonchev–Trinajstić information content (AvgIpc) is 2.97. The van der Waals surface area contributed by atoms with Crippen molar-refractivity contribution in [1.29, 1.82) is 0 Å². The molecule has 0 fully saturated rings. The van der Waals surface area contributed by atoms with E-state index in [-0.39, 0.29) is 5.56 Å². The monoisotopic (exact) mass is 576 g/mol. The van der Waals surface area contributed by atoms with Gasteiger partial charge in [0.15, 0.2) is 6.10 Å². The van der Waals surface area contributed by atoms with Crippen LogP contribution in [0.5, 0.6) is 5.75 Å². The third kappa shape index (κ3) is 5.53. The van der Waals surface area contributed by atoms with Gasteiger partial charge < -0.3 is 19.1 Å². The number of benzene rings is 3. The highest BCUT2D eigenvalue weighted by Crippen LogP contribution is 2.45. The first-order valence-corrected chi connectivity index (χ1v) is 14.8. The predicted molar refractivity (Wildman–Crippen MR) is 169 cm³/mol. The number of hydrogen-bond donors (Lipinski definition) is 1. The number of nitrogens with zero attached hydrogens (tertiary/aromatic N) is 2. The van der Waals surface area contributed by atoms with Gasteiger partial charge in [0.25, 0.3) is 5.56 Å². The van der Waals surface area contributed by atoms with E-state index in [4.69, 9.17) is 14.5 Å². The fourth-order valence-electron chi connectivity index (χ4n) is 6.22. The van der Waals surface area contributed by atoms with Crippen molar-refractivity contribution in [3.63, 3.8) is 0 Å².